The van der Waals surface area contributed by atoms with Crippen LogP contribution in [-0.4, -0.2) is 25.5 Å². The van der Waals surface area contributed by atoms with Gasteiger partial charge in [-0.1, -0.05) is 110 Å². The molecule has 0 aromatic heterocycles. The molecule has 4 unspecified atom stereocenters. The quantitative estimate of drug-likeness (QED) is 0.174. The third-order valence-electron chi connectivity index (χ3n) is 10.4. The Morgan fingerprint density at radius 1 is 0.952 bits per heavy atom. The van der Waals surface area contributed by atoms with E-state index in [1.807, 2.05) is 0 Å². The van der Waals surface area contributed by atoms with Crippen molar-refractivity contribution < 1.29 is 0 Å². The molecule has 2 nitrogen and oxygen atoms in total. The van der Waals surface area contributed by atoms with Gasteiger partial charge in [0, 0.05) is 29.7 Å². The molecule has 4 aromatic carbocycles. The molecular weight excluding hydrogens is 532 g/mol. The summed E-state index contributed by atoms with van der Waals surface area (Å²) in [6, 6.07) is 29.1. The topological polar surface area (TPSA) is 15.3 Å². The SMILES string of the molecule is CNC(C)(C/C=C/C1CCC/C(=C\CC2N(C)c3ccc4ccccc4c3C2(C)C)C1Cl)c1cccc2ccccc12. The fourth-order valence-corrected chi connectivity index (χ4v) is 8.21. The van der Waals surface area contributed by atoms with E-state index in [-0.39, 0.29) is 16.3 Å². The smallest absolute Gasteiger partial charge is 0.0607 e. The number of halogens is 1. The number of fused-ring (bicyclic) bond motifs is 4. The summed E-state index contributed by atoms with van der Waals surface area (Å²) in [6.07, 6.45) is 12.7. The van der Waals surface area contributed by atoms with E-state index in [9.17, 15) is 0 Å². The minimum atomic E-state index is -0.148. The molecular formula is C39H45ClN2. The van der Waals surface area contributed by atoms with Crippen molar-refractivity contribution >= 4 is 38.8 Å². The van der Waals surface area contributed by atoms with Crippen molar-refractivity contribution in [2.24, 2.45) is 5.92 Å². The predicted molar refractivity (Wildman–Crippen MR) is 183 cm³/mol. The molecule has 1 aliphatic carbocycles. The molecule has 218 valence electrons. The molecule has 0 radical (unpaired) electrons. The fraction of sp³-hybridized carbons (Fsp3) is 0.385. The van der Waals surface area contributed by atoms with Gasteiger partial charge in [0.2, 0.25) is 0 Å². The third-order valence-corrected chi connectivity index (χ3v) is 11.0. The van der Waals surface area contributed by atoms with Crippen LogP contribution in [0.25, 0.3) is 21.5 Å². The van der Waals surface area contributed by atoms with Crippen molar-refractivity contribution in [3.63, 3.8) is 0 Å². The molecule has 4 atom stereocenters. The maximum Gasteiger partial charge on any atom is 0.0607 e. The van der Waals surface area contributed by atoms with Gasteiger partial charge in [-0.3, -0.25) is 0 Å². The summed E-state index contributed by atoms with van der Waals surface area (Å²) < 4.78 is 0. The number of nitrogens with zero attached hydrogens (tertiary/aromatic N) is 1. The molecule has 2 aliphatic rings. The lowest BCUT2D eigenvalue weighted by molar-refractivity contribution is 0.406. The lowest BCUT2D eigenvalue weighted by Gasteiger charge is -2.33. The second-order valence-corrected chi connectivity index (χ2v) is 13.7. The first-order valence-electron chi connectivity index (χ1n) is 15.7. The second-order valence-electron chi connectivity index (χ2n) is 13.2. The molecule has 1 N–H and O–H groups in total. The van der Waals surface area contributed by atoms with Crippen LogP contribution in [0.15, 0.2) is 103 Å². The molecule has 3 heteroatoms. The average Bonchev–Trinajstić information content (AvgIpc) is 3.21. The summed E-state index contributed by atoms with van der Waals surface area (Å²) in [6.45, 7) is 7.15. The molecule has 0 spiro atoms. The molecule has 1 fully saturated rings. The lowest BCUT2D eigenvalue weighted by atomic mass is 9.76. The second kappa shape index (κ2) is 11.5. The van der Waals surface area contributed by atoms with E-state index in [4.69, 9.17) is 11.6 Å². The summed E-state index contributed by atoms with van der Waals surface area (Å²) in [5.74, 6) is 0.371. The van der Waals surface area contributed by atoms with Gasteiger partial charge in [-0.05, 0) is 90.7 Å². The van der Waals surface area contributed by atoms with Crippen molar-refractivity contribution in [3.8, 4) is 0 Å². The van der Waals surface area contributed by atoms with Crippen LogP contribution >= 0.6 is 11.6 Å². The highest BCUT2D eigenvalue weighted by Gasteiger charge is 2.43. The van der Waals surface area contributed by atoms with Crippen LogP contribution in [0.4, 0.5) is 5.69 Å². The Labute approximate surface area is 257 Å². The highest BCUT2D eigenvalue weighted by molar-refractivity contribution is 6.22. The summed E-state index contributed by atoms with van der Waals surface area (Å²) in [5, 5.41) is 9.01. The van der Waals surface area contributed by atoms with Gasteiger partial charge in [-0.15, -0.1) is 11.6 Å². The number of likely N-dealkylation sites (N-methyl/N-ethyl adjacent to an activating group) is 1. The van der Waals surface area contributed by atoms with E-state index in [0.717, 1.165) is 25.7 Å². The van der Waals surface area contributed by atoms with Gasteiger partial charge >= 0.3 is 0 Å². The normalized spacial score (nSPS) is 24.5. The van der Waals surface area contributed by atoms with E-state index < -0.39 is 0 Å². The first-order chi connectivity index (χ1) is 20.2. The predicted octanol–water partition coefficient (Wildman–Crippen LogP) is 9.89. The van der Waals surface area contributed by atoms with Crippen LogP contribution in [0.3, 0.4) is 0 Å². The summed E-state index contributed by atoms with van der Waals surface area (Å²) in [4.78, 5) is 2.51. The molecule has 1 aliphatic heterocycles. The van der Waals surface area contributed by atoms with E-state index in [1.165, 1.54) is 50.4 Å². The lowest BCUT2D eigenvalue weighted by Crippen LogP contribution is -2.39. The van der Waals surface area contributed by atoms with Crippen molar-refractivity contribution in [2.75, 3.05) is 19.0 Å². The van der Waals surface area contributed by atoms with Gasteiger partial charge < -0.3 is 10.2 Å². The van der Waals surface area contributed by atoms with Crippen LogP contribution in [-0.2, 0) is 11.0 Å². The van der Waals surface area contributed by atoms with Crippen LogP contribution in [0.1, 0.15) is 64.0 Å². The van der Waals surface area contributed by atoms with Crippen molar-refractivity contribution in [1.29, 1.82) is 0 Å². The fourth-order valence-electron chi connectivity index (χ4n) is 7.81. The van der Waals surface area contributed by atoms with Gasteiger partial charge in [0.15, 0.2) is 0 Å². The Kier molecular flexibility index (Phi) is 7.98. The number of rotatable bonds is 7. The Morgan fingerprint density at radius 2 is 1.64 bits per heavy atom. The minimum Gasteiger partial charge on any atom is -0.370 e. The molecule has 42 heavy (non-hydrogen) atoms. The first-order valence-corrected chi connectivity index (χ1v) is 16.1. The van der Waals surface area contributed by atoms with E-state index in [1.54, 1.807) is 0 Å². The third kappa shape index (κ3) is 5.07. The van der Waals surface area contributed by atoms with Gasteiger partial charge in [0.25, 0.3) is 0 Å². The number of hydrogen-bond acceptors (Lipinski definition) is 2. The first kappa shape index (κ1) is 29.0. The standard InChI is InChI=1S/C39H45ClN2/c1-38(2)35(42(5)34-24-22-28-14-7-9-20-32(28)36(34)38)25-23-30-17-10-16-29(37(30)40)18-12-26-39(3,41-4)33-21-11-15-27-13-6-8-19-31(27)33/h6-9,11-15,18-24,29,35,37,41H,10,16-17,25-26H2,1-5H3/b18-12+,30-23+. The number of hydrogen-bond donors (Lipinski definition) is 1. The molecule has 0 saturated heterocycles. The number of nitrogens with one attached hydrogen (secondary N) is 1. The Hall–Kier alpha value is -3.07. The molecule has 4 aromatic rings. The zero-order valence-electron chi connectivity index (χ0n) is 25.8. The minimum absolute atomic E-state index is 0.0526. The number of allylic oxidation sites excluding steroid dienone is 2. The highest BCUT2D eigenvalue weighted by atomic mass is 35.5. The molecule has 0 amide bonds. The van der Waals surface area contributed by atoms with Gasteiger partial charge in [-0.25, -0.2) is 0 Å². The van der Waals surface area contributed by atoms with Crippen LogP contribution < -0.4 is 10.2 Å². The van der Waals surface area contributed by atoms with Crippen LogP contribution in [0.2, 0.25) is 0 Å². The van der Waals surface area contributed by atoms with E-state index in [0.29, 0.717) is 12.0 Å². The molecule has 1 heterocycles. The largest absolute Gasteiger partial charge is 0.370 e. The molecule has 1 saturated carbocycles. The van der Waals surface area contributed by atoms with E-state index >= 15 is 0 Å². The van der Waals surface area contributed by atoms with Crippen molar-refractivity contribution in [1.82, 2.24) is 5.32 Å². The zero-order chi connectivity index (χ0) is 29.5. The summed E-state index contributed by atoms with van der Waals surface area (Å²) >= 11 is 7.24. The summed E-state index contributed by atoms with van der Waals surface area (Å²) in [7, 11) is 4.34. The van der Waals surface area contributed by atoms with Gasteiger partial charge in [0.1, 0.15) is 0 Å². The Balaban J connectivity index is 1.18. The average molecular weight is 577 g/mol. The van der Waals surface area contributed by atoms with Crippen molar-refractivity contribution in [3.05, 3.63) is 114 Å². The van der Waals surface area contributed by atoms with Gasteiger partial charge in [-0.2, -0.15) is 0 Å². The van der Waals surface area contributed by atoms with E-state index in [2.05, 4.69) is 142 Å². The van der Waals surface area contributed by atoms with Gasteiger partial charge in [0.05, 0.1) is 5.38 Å². The Morgan fingerprint density at radius 3 is 2.40 bits per heavy atom. The van der Waals surface area contributed by atoms with Crippen LogP contribution in [0, 0.1) is 5.92 Å². The number of anilines is 1. The zero-order valence-corrected chi connectivity index (χ0v) is 26.6. The molecule has 0 bridgehead atoms. The maximum atomic E-state index is 7.24. The highest BCUT2D eigenvalue weighted by Crippen LogP contribution is 2.49. The summed E-state index contributed by atoms with van der Waals surface area (Å²) in [5.41, 5.74) is 5.52. The number of benzene rings is 4. The maximum absolute atomic E-state index is 7.24. The van der Waals surface area contributed by atoms with Crippen LogP contribution in [0.5, 0.6) is 0 Å². The Bertz CT molecular complexity index is 1640. The van der Waals surface area contributed by atoms with Crippen molar-refractivity contribution in [2.45, 2.75) is 75.2 Å². The number of alkyl halides is 1. The monoisotopic (exact) mass is 576 g/mol. The molecule has 6 rings (SSSR count).